The van der Waals surface area contributed by atoms with Crippen LogP contribution in [-0.2, 0) is 23.0 Å². The zero-order chi connectivity index (χ0) is 22.4. The predicted molar refractivity (Wildman–Crippen MR) is 120 cm³/mol. The number of benzene rings is 3. The van der Waals surface area contributed by atoms with Crippen molar-refractivity contribution in [2.24, 2.45) is 0 Å². The summed E-state index contributed by atoms with van der Waals surface area (Å²) in [5.74, 6) is -0.264. The van der Waals surface area contributed by atoms with Crippen LogP contribution in [0.2, 0.25) is 0 Å². The number of aryl methyl sites for hydroxylation is 1. The molecule has 0 bridgehead atoms. The Balaban J connectivity index is 1.64. The molecular weight excluding hydrogens is 410 g/mol. The van der Waals surface area contributed by atoms with Crippen molar-refractivity contribution in [1.82, 2.24) is 4.31 Å². The minimum absolute atomic E-state index is 0.193. The number of carbonyl (C=O) groups excluding carboxylic acids is 1. The first-order chi connectivity index (χ1) is 14.8. The van der Waals surface area contributed by atoms with E-state index in [1.807, 2.05) is 6.92 Å². The summed E-state index contributed by atoms with van der Waals surface area (Å²) in [4.78, 5) is 12.7. The fourth-order valence-corrected chi connectivity index (χ4v) is 4.15. The molecule has 1 amide bonds. The number of nitrogens with zero attached hydrogens (tertiary/aromatic N) is 2. The van der Waals surface area contributed by atoms with Crippen molar-refractivity contribution >= 4 is 21.6 Å². The molecule has 0 unspecified atom stereocenters. The van der Waals surface area contributed by atoms with Gasteiger partial charge in [0.2, 0.25) is 10.0 Å². The number of hydrogen-bond acceptors (Lipinski definition) is 4. The Morgan fingerprint density at radius 3 is 2.10 bits per heavy atom. The molecule has 6 nitrogen and oxygen atoms in total. The van der Waals surface area contributed by atoms with Gasteiger partial charge in [0, 0.05) is 24.8 Å². The average molecular weight is 434 g/mol. The molecule has 0 saturated carbocycles. The van der Waals surface area contributed by atoms with Crippen LogP contribution in [0.3, 0.4) is 0 Å². The number of nitrogens with one attached hydrogen (secondary N) is 1. The second-order valence-corrected chi connectivity index (χ2v) is 9.30. The van der Waals surface area contributed by atoms with Gasteiger partial charge < -0.3 is 5.32 Å². The third-order valence-electron chi connectivity index (χ3n) is 4.85. The molecule has 0 spiro atoms. The number of rotatable bonds is 7. The molecule has 3 aromatic carbocycles. The lowest BCUT2D eigenvalue weighted by Crippen LogP contribution is -2.26. The summed E-state index contributed by atoms with van der Waals surface area (Å²) >= 11 is 0. The van der Waals surface area contributed by atoms with Crippen LogP contribution in [0.25, 0.3) is 0 Å². The van der Waals surface area contributed by atoms with E-state index in [1.165, 1.54) is 11.4 Å². The van der Waals surface area contributed by atoms with Gasteiger partial charge in [-0.2, -0.15) is 9.57 Å². The molecule has 31 heavy (non-hydrogen) atoms. The van der Waals surface area contributed by atoms with Crippen molar-refractivity contribution in [2.75, 3.05) is 12.4 Å². The molecule has 0 saturated heterocycles. The molecule has 158 valence electrons. The van der Waals surface area contributed by atoms with Crippen LogP contribution in [0.4, 0.5) is 5.69 Å². The lowest BCUT2D eigenvalue weighted by Gasteiger charge is -2.17. The first-order valence-electron chi connectivity index (χ1n) is 9.69. The van der Waals surface area contributed by atoms with Crippen LogP contribution in [0.5, 0.6) is 0 Å². The fraction of sp³-hybridized carbons (Fsp3) is 0.167. The second kappa shape index (κ2) is 9.56. The van der Waals surface area contributed by atoms with E-state index in [4.69, 9.17) is 5.26 Å². The lowest BCUT2D eigenvalue weighted by atomic mass is 10.1. The number of anilines is 1. The maximum absolute atomic E-state index is 12.7. The van der Waals surface area contributed by atoms with Gasteiger partial charge in [-0.15, -0.1) is 0 Å². The van der Waals surface area contributed by atoms with Crippen LogP contribution < -0.4 is 5.32 Å². The van der Waals surface area contributed by atoms with E-state index in [1.54, 1.807) is 72.8 Å². The molecule has 0 aliphatic rings. The molecule has 0 radical (unpaired) electrons. The minimum Gasteiger partial charge on any atom is -0.322 e. The maximum atomic E-state index is 12.7. The van der Waals surface area contributed by atoms with Gasteiger partial charge in [-0.1, -0.05) is 42.0 Å². The summed E-state index contributed by atoms with van der Waals surface area (Å²) in [7, 11) is -2.06. The second-order valence-electron chi connectivity index (χ2n) is 7.26. The molecule has 3 rings (SSSR count). The summed E-state index contributed by atoms with van der Waals surface area (Å²) in [6, 6.07) is 22.7. The summed E-state index contributed by atoms with van der Waals surface area (Å²) in [6.45, 7) is 2.10. The van der Waals surface area contributed by atoms with E-state index in [2.05, 4.69) is 11.4 Å². The molecule has 0 aromatic heterocycles. The molecule has 1 N–H and O–H groups in total. The topological polar surface area (TPSA) is 90.3 Å². The van der Waals surface area contributed by atoms with E-state index >= 15 is 0 Å². The highest BCUT2D eigenvalue weighted by Gasteiger charge is 2.20. The summed E-state index contributed by atoms with van der Waals surface area (Å²) in [6.07, 6.45) is 0.323. The predicted octanol–water partition coefficient (Wildman–Crippen LogP) is 4.13. The Kier molecular flexibility index (Phi) is 6.85. The molecular formula is C24H23N3O3S. The highest BCUT2D eigenvalue weighted by atomic mass is 32.2. The van der Waals surface area contributed by atoms with Gasteiger partial charge in [-0.3, -0.25) is 4.79 Å². The van der Waals surface area contributed by atoms with Crippen molar-refractivity contribution in [2.45, 2.75) is 24.8 Å². The van der Waals surface area contributed by atoms with Crippen LogP contribution in [0.1, 0.15) is 27.0 Å². The molecule has 0 heterocycles. The first-order valence-corrected chi connectivity index (χ1v) is 11.1. The van der Waals surface area contributed by atoms with Crippen molar-refractivity contribution < 1.29 is 13.2 Å². The van der Waals surface area contributed by atoms with Crippen LogP contribution in [-0.4, -0.2) is 25.7 Å². The molecule has 0 atom stereocenters. The van der Waals surface area contributed by atoms with Gasteiger partial charge in [0.25, 0.3) is 5.91 Å². The van der Waals surface area contributed by atoms with Gasteiger partial charge in [-0.05, 0) is 54.4 Å². The number of hydrogen-bond donors (Lipinski definition) is 1. The smallest absolute Gasteiger partial charge is 0.255 e. The third-order valence-corrected chi connectivity index (χ3v) is 6.66. The van der Waals surface area contributed by atoms with Gasteiger partial charge in [0.1, 0.15) is 0 Å². The summed E-state index contributed by atoms with van der Waals surface area (Å²) in [5.41, 5.74) is 3.76. The zero-order valence-electron chi connectivity index (χ0n) is 17.4. The van der Waals surface area contributed by atoms with Crippen molar-refractivity contribution in [3.8, 4) is 6.07 Å². The molecule has 0 fully saturated rings. The Hall–Kier alpha value is -3.47. The van der Waals surface area contributed by atoms with E-state index in [0.29, 0.717) is 17.7 Å². The summed E-state index contributed by atoms with van der Waals surface area (Å²) < 4.78 is 26.8. The van der Waals surface area contributed by atoms with E-state index in [-0.39, 0.29) is 17.3 Å². The standard InChI is InChI=1S/C24H23N3O3S/c1-18-3-13-23(14-4-18)31(29,30)27(2)17-20-5-9-21(10-6-20)24(28)26-22-11-7-19(8-12-22)15-16-25/h3-14H,15,17H2,1-2H3,(H,26,28). The van der Waals surface area contributed by atoms with E-state index < -0.39 is 10.0 Å². The number of amides is 1. The fourth-order valence-electron chi connectivity index (χ4n) is 2.99. The average Bonchev–Trinajstić information content (AvgIpc) is 2.76. The highest BCUT2D eigenvalue weighted by Crippen LogP contribution is 2.18. The highest BCUT2D eigenvalue weighted by molar-refractivity contribution is 7.89. The normalized spacial score (nSPS) is 11.2. The largest absolute Gasteiger partial charge is 0.322 e. The Labute approximate surface area is 182 Å². The van der Waals surface area contributed by atoms with Gasteiger partial charge >= 0.3 is 0 Å². The molecule has 0 aliphatic heterocycles. The van der Waals surface area contributed by atoms with Gasteiger partial charge in [0.05, 0.1) is 17.4 Å². The van der Waals surface area contributed by atoms with Crippen molar-refractivity contribution in [3.05, 3.63) is 95.1 Å². The first kappa shape index (κ1) is 22.2. The minimum atomic E-state index is -3.59. The van der Waals surface area contributed by atoms with Crippen LogP contribution in [0.15, 0.2) is 77.7 Å². The Bertz CT molecular complexity index is 1190. The quantitative estimate of drug-likeness (QED) is 0.606. The Morgan fingerprint density at radius 2 is 1.52 bits per heavy atom. The van der Waals surface area contributed by atoms with E-state index in [0.717, 1.165) is 16.7 Å². The van der Waals surface area contributed by atoms with Crippen molar-refractivity contribution in [3.63, 3.8) is 0 Å². The number of sulfonamides is 1. The zero-order valence-corrected chi connectivity index (χ0v) is 18.2. The molecule has 3 aromatic rings. The van der Waals surface area contributed by atoms with Gasteiger partial charge in [0.15, 0.2) is 0 Å². The Morgan fingerprint density at radius 1 is 0.935 bits per heavy atom. The van der Waals surface area contributed by atoms with Crippen LogP contribution in [0, 0.1) is 18.3 Å². The van der Waals surface area contributed by atoms with Crippen molar-refractivity contribution in [1.29, 1.82) is 5.26 Å². The third kappa shape index (κ3) is 5.57. The lowest BCUT2D eigenvalue weighted by molar-refractivity contribution is 0.102. The van der Waals surface area contributed by atoms with Crippen LogP contribution >= 0.6 is 0 Å². The molecule has 7 heteroatoms. The number of carbonyl (C=O) groups is 1. The van der Waals surface area contributed by atoms with E-state index in [9.17, 15) is 13.2 Å². The monoisotopic (exact) mass is 433 g/mol. The van der Waals surface area contributed by atoms with Gasteiger partial charge in [-0.25, -0.2) is 8.42 Å². The molecule has 0 aliphatic carbocycles. The summed E-state index contributed by atoms with van der Waals surface area (Å²) in [5, 5.41) is 11.5. The maximum Gasteiger partial charge on any atom is 0.255 e. The SMILES string of the molecule is Cc1ccc(S(=O)(=O)N(C)Cc2ccc(C(=O)Nc3ccc(CC#N)cc3)cc2)cc1. The number of nitriles is 1.